The molecule has 0 spiro atoms. The van der Waals surface area contributed by atoms with Crippen molar-refractivity contribution >= 4 is 23.6 Å². The average Bonchev–Trinajstić information content (AvgIpc) is 3.70. The fourth-order valence-electron chi connectivity index (χ4n) is 6.14. The van der Waals surface area contributed by atoms with Gasteiger partial charge in [0.15, 0.2) is 6.29 Å². The summed E-state index contributed by atoms with van der Waals surface area (Å²) >= 11 is 1.64. The van der Waals surface area contributed by atoms with Gasteiger partial charge >= 0.3 is 5.97 Å². The van der Waals surface area contributed by atoms with Crippen molar-refractivity contribution in [2.45, 2.75) is 60.0 Å². The van der Waals surface area contributed by atoms with Crippen LogP contribution in [0.25, 0.3) is 0 Å². The Hall–Kier alpha value is -3.37. The summed E-state index contributed by atoms with van der Waals surface area (Å²) in [7, 11) is 0. The predicted molar refractivity (Wildman–Crippen MR) is 157 cm³/mol. The number of rotatable bonds is 8. The van der Waals surface area contributed by atoms with Gasteiger partial charge in [-0.25, -0.2) is 0 Å². The van der Waals surface area contributed by atoms with Gasteiger partial charge in [0.05, 0.1) is 23.0 Å². The highest BCUT2D eigenvalue weighted by molar-refractivity contribution is 7.99. The van der Waals surface area contributed by atoms with Gasteiger partial charge in [-0.2, -0.15) is 0 Å². The van der Waals surface area contributed by atoms with Gasteiger partial charge in [-0.15, -0.1) is 0 Å². The van der Waals surface area contributed by atoms with Gasteiger partial charge in [0.1, 0.15) is 24.1 Å². The molecule has 0 bridgehead atoms. The summed E-state index contributed by atoms with van der Waals surface area (Å²) in [5.74, 6) is 1.15. The lowest BCUT2D eigenvalue weighted by Gasteiger charge is -2.33. The molecule has 3 fully saturated rings. The first kappa shape index (κ1) is 27.5. The number of nitrogens with one attached hydrogen (secondary N) is 1. The normalized spacial score (nSPS) is 22.9. The van der Waals surface area contributed by atoms with Crippen LogP contribution < -0.4 is 10.1 Å². The van der Waals surface area contributed by atoms with Crippen molar-refractivity contribution in [2.24, 2.45) is 5.92 Å². The number of benzene rings is 3. The van der Waals surface area contributed by atoms with E-state index in [0.717, 1.165) is 40.4 Å². The van der Waals surface area contributed by atoms with Crippen molar-refractivity contribution in [1.82, 2.24) is 10.2 Å². The van der Waals surface area contributed by atoms with E-state index in [-0.39, 0.29) is 36.2 Å². The second kappa shape index (κ2) is 11.7. The fourth-order valence-corrected chi connectivity index (χ4v) is 7.07. The van der Waals surface area contributed by atoms with Gasteiger partial charge < -0.3 is 24.3 Å². The summed E-state index contributed by atoms with van der Waals surface area (Å²) < 4.78 is 23.8. The highest BCUT2D eigenvalue weighted by atomic mass is 32.2. The van der Waals surface area contributed by atoms with Crippen molar-refractivity contribution in [3.63, 3.8) is 0 Å². The van der Waals surface area contributed by atoms with Crippen LogP contribution in [0.2, 0.25) is 0 Å². The van der Waals surface area contributed by atoms with Gasteiger partial charge in [0.25, 0.3) is 5.91 Å². The van der Waals surface area contributed by atoms with E-state index in [1.807, 2.05) is 66.7 Å². The first-order valence-corrected chi connectivity index (χ1v) is 15.5. The van der Waals surface area contributed by atoms with Crippen LogP contribution in [0.4, 0.5) is 0 Å². The zero-order chi connectivity index (χ0) is 28.5. The number of para-hydroxylation sites is 1. The maximum absolute atomic E-state index is 13.5. The van der Waals surface area contributed by atoms with Crippen molar-refractivity contribution in [1.29, 1.82) is 0 Å². The minimum atomic E-state index is -0.415. The largest absolute Gasteiger partial charge is 0.460 e. The van der Waals surface area contributed by atoms with E-state index < -0.39 is 6.04 Å². The molecule has 1 N–H and O–H groups in total. The Balaban J connectivity index is 1.03. The molecule has 8 nitrogen and oxygen atoms in total. The zero-order valence-corrected chi connectivity index (χ0v) is 24.1. The fraction of sp³-hybridized carbons (Fsp3) is 0.394. The van der Waals surface area contributed by atoms with Crippen LogP contribution >= 0.6 is 11.8 Å². The number of carbonyl (C=O) groups is 2. The molecule has 1 saturated carbocycles. The molecule has 2 saturated heterocycles. The third-order valence-electron chi connectivity index (χ3n) is 8.58. The molecule has 3 heterocycles. The summed E-state index contributed by atoms with van der Waals surface area (Å²) in [4.78, 5) is 31.1. The van der Waals surface area contributed by atoms with E-state index in [2.05, 4.69) is 10.2 Å². The molecular formula is C33H34N2O6S. The minimum absolute atomic E-state index is 0.0610. The third kappa shape index (κ3) is 5.66. The molecule has 218 valence electrons. The minimum Gasteiger partial charge on any atom is -0.460 e. The van der Waals surface area contributed by atoms with Crippen molar-refractivity contribution in [3.8, 4) is 11.5 Å². The lowest BCUT2D eigenvalue weighted by atomic mass is 10.0. The second-order valence-electron chi connectivity index (χ2n) is 11.4. The van der Waals surface area contributed by atoms with Crippen LogP contribution in [0.3, 0.4) is 0 Å². The van der Waals surface area contributed by atoms with E-state index in [1.165, 1.54) is 0 Å². The van der Waals surface area contributed by atoms with Crippen LogP contribution in [0.1, 0.15) is 41.6 Å². The van der Waals surface area contributed by atoms with E-state index in [4.69, 9.17) is 18.9 Å². The van der Waals surface area contributed by atoms with Crippen molar-refractivity contribution in [2.75, 3.05) is 26.3 Å². The lowest BCUT2D eigenvalue weighted by molar-refractivity contribution is -0.202. The first-order chi connectivity index (χ1) is 20.6. The van der Waals surface area contributed by atoms with Gasteiger partial charge in [-0.05, 0) is 61.6 Å². The summed E-state index contributed by atoms with van der Waals surface area (Å²) in [6, 6.07) is 22.8. The summed E-state index contributed by atoms with van der Waals surface area (Å²) in [6.45, 7) is 2.68. The molecule has 0 unspecified atom stereocenters. The van der Waals surface area contributed by atoms with Crippen molar-refractivity contribution < 1.29 is 28.5 Å². The number of carbonyl (C=O) groups excluding carboxylic acids is 2. The molecule has 0 radical (unpaired) electrons. The molecule has 3 aromatic carbocycles. The van der Waals surface area contributed by atoms with Gasteiger partial charge in [-0.3, -0.25) is 14.5 Å². The highest BCUT2D eigenvalue weighted by Gasteiger charge is 2.56. The highest BCUT2D eigenvalue weighted by Crippen LogP contribution is 2.48. The van der Waals surface area contributed by atoms with Crippen LogP contribution in [0, 0.1) is 5.92 Å². The summed E-state index contributed by atoms with van der Waals surface area (Å²) in [5.41, 5.74) is 1.21. The number of nitrogens with zero attached hydrogens (tertiary/aromatic N) is 1. The molecule has 1 aliphatic carbocycles. The number of likely N-dealkylation sites (tertiary alicyclic amines) is 1. The number of hydrogen-bond donors (Lipinski definition) is 1. The molecule has 9 heteroatoms. The Kier molecular flexibility index (Phi) is 7.66. The van der Waals surface area contributed by atoms with Crippen LogP contribution in [0.5, 0.6) is 11.5 Å². The number of ether oxygens (including phenoxy) is 4. The van der Waals surface area contributed by atoms with Crippen LogP contribution in [-0.2, 0) is 25.6 Å². The molecule has 0 aromatic heterocycles. The number of hydrogen-bond acceptors (Lipinski definition) is 8. The number of esters is 1. The van der Waals surface area contributed by atoms with Crippen LogP contribution in [0.15, 0.2) is 82.6 Å². The number of amides is 1. The predicted octanol–water partition coefficient (Wildman–Crippen LogP) is 5.40. The Morgan fingerprint density at radius 2 is 1.71 bits per heavy atom. The molecular weight excluding hydrogens is 552 g/mol. The monoisotopic (exact) mass is 586 g/mol. The molecule has 3 aromatic rings. The van der Waals surface area contributed by atoms with E-state index in [9.17, 15) is 9.59 Å². The van der Waals surface area contributed by atoms with Gasteiger partial charge in [-0.1, -0.05) is 54.2 Å². The zero-order valence-electron chi connectivity index (χ0n) is 23.3. The van der Waals surface area contributed by atoms with Crippen molar-refractivity contribution in [3.05, 3.63) is 83.9 Å². The molecule has 1 amide bonds. The Bertz CT molecular complexity index is 1460. The quantitative estimate of drug-likeness (QED) is 0.275. The average molecular weight is 587 g/mol. The maximum Gasteiger partial charge on any atom is 0.323 e. The summed E-state index contributed by atoms with van der Waals surface area (Å²) in [5, 5.41) is 3.16. The SMILES string of the molecule is O=C(NCC1(N2C[C@@H](C3OCCCO3)C[C@H]2C(=O)OCc2ccccc2)CC1)c1ccc2c(c1)Oc1ccccc1S2. The molecule has 3 aliphatic heterocycles. The smallest absolute Gasteiger partial charge is 0.323 e. The molecule has 4 aliphatic rings. The first-order valence-electron chi connectivity index (χ1n) is 14.7. The van der Waals surface area contributed by atoms with Gasteiger partial charge in [0, 0.05) is 30.1 Å². The maximum atomic E-state index is 13.5. The number of fused-ring (bicyclic) bond motifs is 2. The Labute approximate surface area is 249 Å². The van der Waals surface area contributed by atoms with Gasteiger partial charge in [0.2, 0.25) is 0 Å². The Morgan fingerprint density at radius 3 is 2.52 bits per heavy atom. The molecule has 42 heavy (non-hydrogen) atoms. The molecule has 2 atom stereocenters. The van der Waals surface area contributed by atoms with E-state index in [0.29, 0.717) is 44.0 Å². The molecule has 7 rings (SSSR count). The third-order valence-corrected chi connectivity index (χ3v) is 9.69. The van der Waals surface area contributed by atoms with Crippen LogP contribution in [-0.4, -0.2) is 61.0 Å². The van der Waals surface area contributed by atoms with E-state index >= 15 is 0 Å². The summed E-state index contributed by atoms with van der Waals surface area (Å²) in [6.07, 6.45) is 2.96. The Morgan fingerprint density at radius 1 is 0.952 bits per heavy atom. The van der Waals surface area contributed by atoms with E-state index in [1.54, 1.807) is 17.8 Å². The second-order valence-corrected chi connectivity index (χ2v) is 12.5. The standard InChI is InChI=1S/C33H34N2O6S/c36-30(23-11-12-29-27(18-23)41-26-9-4-5-10-28(26)42-29)34-21-33(13-14-33)35-19-24(32-38-15-6-16-39-32)17-25(35)31(37)40-20-22-7-2-1-3-8-22/h1-5,7-12,18,24-25,32H,6,13-17,19-21H2,(H,34,36)/t24-,25-/m0/s1. The topological polar surface area (TPSA) is 86.3 Å². The lowest BCUT2D eigenvalue weighted by Crippen LogP contribution is -2.51.